The molecule has 5 heteroatoms. The standard InChI is InChI=1S/C23H23N3O2/c1-25(14-18-9-5-11-21-20(18)10-6-12-24-21)23(28)16-26-15-19(13-22(26)27)17-7-3-2-4-8-17/h2-12,19H,13-16H2,1H3. The van der Waals surface area contributed by atoms with Crippen LogP contribution in [0.5, 0.6) is 0 Å². The highest BCUT2D eigenvalue weighted by Crippen LogP contribution is 2.28. The third kappa shape index (κ3) is 3.74. The number of likely N-dealkylation sites (N-methyl/N-ethyl adjacent to an activating group) is 1. The summed E-state index contributed by atoms with van der Waals surface area (Å²) in [4.78, 5) is 32.9. The van der Waals surface area contributed by atoms with Gasteiger partial charge in [-0.2, -0.15) is 0 Å². The lowest BCUT2D eigenvalue weighted by Gasteiger charge is -2.22. The Bertz CT molecular complexity index is 998. The number of aromatic nitrogens is 1. The van der Waals surface area contributed by atoms with E-state index in [-0.39, 0.29) is 24.3 Å². The van der Waals surface area contributed by atoms with Gasteiger partial charge in [0.05, 0.1) is 12.1 Å². The van der Waals surface area contributed by atoms with Crippen LogP contribution in [0.25, 0.3) is 10.9 Å². The van der Waals surface area contributed by atoms with E-state index in [0.717, 1.165) is 22.0 Å². The van der Waals surface area contributed by atoms with Gasteiger partial charge in [0, 0.05) is 44.1 Å². The number of pyridine rings is 1. The number of hydrogen-bond acceptors (Lipinski definition) is 3. The van der Waals surface area contributed by atoms with Crippen molar-refractivity contribution in [2.24, 2.45) is 0 Å². The zero-order chi connectivity index (χ0) is 19.5. The van der Waals surface area contributed by atoms with Crippen molar-refractivity contribution >= 4 is 22.7 Å². The van der Waals surface area contributed by atoms with Gasteiger partial charge < -0.3 is 9.80 Å². The molecule has 2 heterocycles. The van der Waals surface area contributed by atoms with Gasteiger partial charge in [0.1, 0.15) is 0 Å². The van der Waals surface area contributed by atoms with E-state index < -0.39 is 0 Å². The molecule has 2 amide bonds. The molecule has 0 aliphatic carbocycles. The number of fused-ring (bicyclic) bond motifs is 1. The quantitative estimate of drug-likeness (QED) is 0.690. The fourth-order valence-corrected chi connectivity index (χ4v) is 3.81. The third-order valence-electron chi connectivity index (χ3n) is 5.38. The van der Waals surface area contributed by atoms with Gasteiger partial charge >= 0.3 is 0 Å². The van der Waals surface area contributed by atoms with Crippen LogP contribution in [0.15, 0.2) is 66.9 Å². The summed E-state index contributed by atoms with van der Waals surface area (Å²) >= 11 is 0. The minimum absolute atomic E-state index is 0.0463. The molecule has 0 bridgehead atoms. The van der Waals surface area contributed by atoms with Crippen LogP contribution in [0.1, 0.15) is 23.5 Å². The van der Waals surface area contributed by atoms with E-state index in [0.29, 0.717) is 19.5 Å². The normalized spacial score (nSPS) is 16.5. The number of nitrogens with zero attached hydrogens (tertiary/aromatic N) is 3. The Labute approximate surface area is 164 Å². The first-order chi connectivity index (χ1) is 13.6. The topological polar surface area (TPSA) is 53.5 Å². The van der Waals surface area contributed by atoms with Crippen LogP contribution < -0.4 is 0 Å². The third-order valence-corrected chi connectivity index (χ3v) is 5.38. The molecule has 142 valence electrons. The molecule has 1 aliphatic heterocycles. The summed E-state index contributed by atoms with van der Waals surface area (Å²) in [7, 11) is 1.78. The summed E-state index contributed by atoms with van der Waals surface area (Å²) in [5, 5.41) is 1.05. The second-order valence-electron chi connectivity index (χ2n) is 7.32. The Morgan fingerprint density at radius 3 is 2.75 bits per heavy atom. The summed E-state index contributed by atoms with van der Waals surface area (Å²) in [5.74, 6) is 0.156. The number of carbonyl (C=O) groups excluding carboxylic acids is 2. The Kier molecular flexibility index (Phi) is 5.06. The van der Waals surface area contributed by atoms with Gasteiger partial charge in [-0.1, -0.05) is 48.5 Å². The highest BCUT2D eigenvalue weighted by molar-refractivity contribution is 5.87. The van der Waals surface area contributed by atoms with E-state index >= 15 is 0 Å². The Balaban J connectivity index is 1.41. The highest BCUT2D eigenvalue weighted by Gasteiger charge is 2.32. The first-order valence-corrected chi connectivity index (χ1v) is 9.51. The number of benzene rings is 2. The lowest BCUT2D eigenvalue weighted by atomic mass is 9.99. The smallest absolute Gasteiger partial charge is 0.242 e. The molecule has 28 heavy (non-hydrogen) atoms. The predicted molar refractivity (Wildman–Crippen MR) is 109 cm³/mol. The van der Waals surface area contributed by atoms with Crippen LogP contribution in [-0.4, -0.2) is 46.7 Å². The number of hydrogen-bond donors (Lipinski definition) is 0. The maximum atomic E-state index is 12.7. The van der Waals surface area contributed by atoms with E-state index in [4.69, 9.17) is 0 Å². The molecule has 0 radical (unpaired) electrons. The number of rotatable bonds is 5. The first kappa shape index (κ1) is 18.2. The molecule has 0 N–H and O–H groups in total. The van der Waals surface area contributed by atoms with Gasteiger partial charge in [-0.3, -0.25) is 14.6 Å². The van der Waals surface area contributed by atoms with Crippen molar-refractivity contribution in [3.8, 4) is 0 Å². The van der Waals surface area contributed by atoms with Gasteiger partial charge in [0.15, 0.2) is 0 Å². The molecule has 5 nitrogen and oxygen atoms in total. The van der Waals surface area contributed by atoms with Crippen molar-refractivity contribution in [2.75, 3.05) is 20.1 Å². The van der Waals surface area contributed by atoms with E-state index in [1.54, 1.807) is 23.0 Å². The summed E-state index contributed by atoms with van der Waals surface area (Å²) in [6.07, 6.45) is 2.24. The van der Waals surface area contributed by atoms with Gasteiger partial charge in [-0.25, -0.2) is 0 Å². The fraction of sp³-hybridized carbons (Fsp3) is 0.261. The zero-order valence-corrected chi connectivity index (χ0v) is 15.9. The SMILES string of the molecule is CN(Cc1cccc2ncccc12)C(=O)CN1CC(c2ccccc2)CC1=O. The number of likely N-dealkylation sites (tertiary alicyclic amines) is 1. The van der Waals surface area contributed by atoms with Crippen molar-refractivity contribution in [3.63, 3.8) is 0 Å². The molecule has 0 spiro atoms. The Morgan fingerprint density at radius 1 is 1.11 bits per heavy atom. The lowest BCUT2D eigenvalue weighted by Crippen LogP contribution is -2.38. The van der Waals surface area contributed by atoms with Crippen molar-refractivity contribution in [1.82, 2.24) is 14.8 Å². The van der Waals surface area contributed by atoms with E-state index in [1.807, 2.05) is 60.7 Å². The van der Waals surface area contributed by atoms with Crippen LogP contribution in [0, 0.1) is 0 Å². The van der Waals surface area contributed by atoms with Crippen LogP contribution in [0.3, 0.4) is 0 Å². The average Bonchev–Trinajstić information content (AvgIpc) is 3.09. The molecule has 3 aromatic rings. The Morgan fingerprint density at radius 2 is 1.93 bits per heavy atom. The molecule has 1 saturated heterocycles. The summed E-state index contributed by atoms with van der Waals surface area (Å²) < 4.78 is 0. The van der Waals surface area contributed by atoms with Crippen LogP contribution in [-0.2, 0) is 16.1 Å². The second-order valence-corrected chi connectivity index (χ2v) is 7.32. The van der Waals surface area contributed by atoms with E-state index in [9.17, 15) is 9.59 Å². The average molecular weight is 373 g/mol. The number of amides is 2. The van der Waals surface area contributed by atoms with Gasteiger partial charge in [0.25, 0.3) is 0 Å². The molecule has 1 aromatic heterocycles. The Hall–Kier alpha value is -3.21. The van der Waals surface area contributed by atoms with Crippen molar-refractivity contribution in [3.05, 3.63) is 78.0 Å². The maximum absolute atomic E-state index is 12.7. The van der Waals surface area contributed by atoms with Crippen LogP contribution in [0.2, 0.25) is 0 Å². The molecule has 1 atom stereocenters. The second kappa shape index (κ2) is 7.80. The van der Waals surface area contributed by atoms with Crippen molar-refractivity contribution in [1.29, 1.82) is 0 Å². The minimum Gasteiger partial charge on any atom is -0.340 e. The van der Waals surface area contributed by atoms with Crippen LogP contribution >= 0.6 is 0 Å². The molecule has 1 fully saturated rings. The van der Waals surface area contributed by atoms with Crippen molar-refractivity contribution < 1.29 is 9.59 Å². The zero-order valence-electron chi connectivity index (χ0n) is 15.9. The van der Waals surface area contributed by atoms with Gasteiger partial charge in [0.2, 0.25) is 11.8 Å². The van der Waals surface area contributed by atoms with E-state index in [1.165, 1.54) is 0 Å². The summed E-state index contributed by atoms with van der Waals surface area (Å²) in [6, 6.07) is 19.9. The molecular formula is C23H23N3O2. The molecule has 4 rings (SSSR count). The van der Waals surface area contributed by atoms with Gasteiger partial charge in [-0.05, 0) is 23.3 Å². The molecule has 2 aromatic carbocycles. The molecule has 0 saturated carbocycles. The van der Waals surface area contributed by atoms with Gasteiger partial charge in [-0.15, -0.1) is 0 Å². The molecule has 1 aliphatic rings. The monoisotopic (exact) mass is 373 g/mol. The fourth-order valence-electron chi connectivity index (χ4n) is 3.81. The van der Waals surface area contributed by atoms with Crippen LogP contribution in [0.4, 0.5) is 0 Å². The largest absolute Gasteiger partial charge is 0.340 e. The van der Waals surface area contributed by atoms with Crippen molar-refractivity contribution in [2.45, 2.75) is 18.9 Å². The minimum atomic E-state index is -0.0528. The lowest BCUT2D eigenvalue weighted by molar-refractivity contribution is -0.137. The molecular weight excluding hydrogens is 350 g/mol. The molecule has 1 unspecified atom stereocenters. The highest BCUT2D eigenvalue weighted by atomic mass is 16.2. The van der Waals surface area contributed by atoms with E-state index in [2.05, 4.69) is 4.98 Å². The maximum Gasteiger partial charge on any atom is 0.242 e. The first-order valence-electron chi connectivity index (χ1n) is 9.51. The predicted octanol–water partition coefficient (Wildman–Crippen LogP) is 3.21. The number of carbonyl (C=O) groups is 2. The summed E-state index contributed by atoms with van der Waals surface area (Å²) in [5.41, 5.74) is 3.13. The summed E-state index contributed by atoms with van der Waals surface area (Å²) in [6.45, 7) is 1.22.